The molecule has 0 radical (unpaired) electrons. The molecule has 0 atom stereocenters. The summed E-state index contributed by atoms with van der Waals surface area (Å²) in [6, 6.07) is 5.92. The maximum absolute atomic E-state index is 11.7. The molecule has 0 heterocycles. The summed E-state index contributed by atoms with van der Waals surface area (Å²) in [6.07, 6.45) is 1.13. The lowest BCUT2D eigenvalue weighted by molar-refractivity contribution is -0.138. The summed E-state index contributed by atoms with van der Waals surface area (Å²) in [5.41, 5.74) is 0. The molecule has 1 aromatic carbocycles. The van der Waals surface area contributed by atoms with Crippen LogP contribution in [0.4, 0.5) is 0 Å². The van der Waals surface area contributed by atoms with Crippen molar-refractivity contribution in [3.05, 3.63) is 24.3 Å². The summed E-state index contributed by atoms with van der Waals surface area (Å²) in [4.78, 5) is 23.7. The normalized spacial score (nSPS) is 11.0. The van der Waals surface area contributed by atoms with E-state index < -0.39 is 15.8 Å². The van der Waals surface area contributed by atoms with Crippen LogP contribution in [0, 0.1) is 0 Å². The van der Waals surface area contributed by atoms with Crippen LogP contribution in [0.25, 0.3) is 0 Å². The number of benzene rings is 1. The minimum absolute atomic E-state index is 0.101. The fourth-order valence-electron chi connectivity index (χ4n) is 1.62. The number of rotatable bonds is 8. The third-order valence-corrected chi connectivity index (χ3v) is 4.05. The van der Waals surface area contributed by atoms with Crippen LogP contribution in [-0.4, -0.2) is 56.8 Å². The molecule has 0 fully saturated rings. The van der Waals surface area contributed by atoms with Crippen LogP contribution >= 0.6 is 0 Å². The van der Waals surface area contributed by atoms with Crippen LogP contribution in [0.5, 0.6) is 5.75 Å². The minimum Gasteiger partial charge on any atom is -0.493 e. The Bertz CT molecular complexity index is 623. The van der Waals surface area contributed by atoms with E-state index in [2.05, 4.69) is 0 Å². The second-order valence-corrected chi connectivity index (χ2v) is 6.82. The number of amides is 1. The third-order valence-electron chi connectivity index (χ3n) is 2.92. The fourth-order valence-corrected chi connectivity index (χ4v) is 2.25. The van der Waals surface area contributed by atoms with E-state index in [1.54, 1.807) is 0 Å². The first-order valence-electron chi connectivity index (χ1n) is 6.59. The highest BCUT2D eigenvalue weighted by Crippen LogP contribution is 2.16. The Hall–Kier alpha value is -2.09. The van der Waals surface area contributed by atoms with Crippen LogP contribution < -0.4 is 4.74 Å². The molecular formula is C14H19NO6S. The molecule has 22 heavy (non-hydrogen) atoms. The number of carbonyl (C=O) groups excluding carboxylic acids is 1. The van der Waals surface area contributed by atoms with Crippen molar-refractivity contribution in [2.75, 3.05) is 26.5 Å². The van der Waals surface area contributed by atoms with Gasteiger partial charge in [-0.05, 0) is 24.3 Å². The van der Waals surface area contributed by atoms with Crippen molar-refractivity contribution in [3.63, 3.8) is 0 Å². The van der Waals surface area contributed by atoms with E-state index in [-0.39, 0.29) is 36.8 Å². The molecule has 0 unspecified atom stereocenters. The van der Waals surface area contributed by atoms with E-state index in [1.165, 1.54) is 36.2 Å². The van der Waals surface area contributed by atoms with Crippen molar-refractivity contribution < 1.29 is 27.9 Å². The maximum atomic E-state index is 11.7. The van der Waals surface area contributed by atoms with Crippen LogP contribution in [0.15, 0.2) is 29.2 Å². The molecule has 1 aromatic rings. The predicted molar refractivity (Wildman–Crippen MR) is 79.6 cm³/mol. The zero-order valence-corrected chi connectivity index (χ0v) is 13.3. The zero-order chi connectivity index (χ0) is 16.8. The monoisotopic (exact) mass is 329 g/mol. The molecule has 0 aliphatic carbocycles. The Kier molecular flexibility index (Phi) is 6.36. The van der Waals surface area contributed by atoms with E-state index >= 15 is 0 Å². The summed E-state index contributed by atoms with van der Waals surface area (Å²) in [5, 5.41) is 8.54. The zero-order valence-electron chi connectivity index (χ0n) is 12.5. The smallest absolute Gasteiger partial charge is 0.305 e. The van der Waals surface area contributed by atoms with Gasteiger partial charge in [-0.3, -0.25) is 9.59 Å². The molecule has 8 heteroatoms. The van der Waals surface area contributed by atoms with Crippen LogP contribution in [0.2, 0.25) is 0 Å². The minimum atomic E-state index is -3.24. The maximum Gasteiger partial charge on any atom is 0.305 e. The molecular weight excluding hydrogens is 310 g/mol. The first-order chi connectivity index (χ1) is 10.2. The van der Waals surface area contributed by atoms with Gasteiger partial charge in [0.25, 0.3) is 0 Å². The highest BCUT2D eigenvalue weighted by atomic mass is 32.2. The molecule has 0 aliphatic heterocycles. The molecule has 1 rings (SSSR count). The van der Waals surface area contributed by atoms with Crippen molar-refractivity contribution >= 4 is 21.7 Å². The molecule has 0 aliphatic rings. The average molecular weight is 329 g/mol. The van der Waals surface area contributed by atoms with Gasteiger partial charge in [0, 0.05) is 19.8 Å². The van der Waals surface area contributed by atoms with E-state index in [0.29, 0.717) is 5.75 Å². The van der Waals surface area contributed by atoms with E-state index in [0.717, 1.165) is 6.26 Å². The fraction of sp³-hybridized carbons (Fsp3) is 0.429. The SMILES string of the molecule is CN(CCC(=O)O)C(=O)CCOc1ccc(S(C)(=O)=O)cc1. The number of carboxylic acid groups (broad SMARTS) is 1. The Morgan fingerprint density at radius 3 is 2.27 bits per heavy atom. The summed E-state index contributed by atoms with van der Waals surface area (Å²) in [5.74, 6) is -0.704. The van der Waals surface area contributed by atoms with Crippen molar-refractivity contribution in [1.29, 1.82) is 0 Å². The number of aliphatic carboxylic acids is 1. The Morgan fingerprint density at radius 1 is 1.18 bits per heavy atom. The number of sulfone groups is 1. The van der Waals surface area contributed by atoms with Crippen LogP contribution in [-0.2, 0) is 19.4 Å². The molecule has 7 nitrogen and oxygen atoms in total. The number of carbonyl (C=O) groups is 2. The Balaban J connectivity index is 2.41. The molecule has 0 saturated carbocycles. The molecule has 0 bridgehead atoms. The highest BCUT2D eigenvalue weighted by molar-refractivity contribution is 7.90. The lowest BCUT2D eigenvalue weighted by atomic mass is 10.3. The van der Waals surface area contributed by atoms with Gasteiger partial charge in [0.15, 0.2) is 9.84 Å². The quantitative estimate of drug-likeness (QED) is 0.757. The summed E-state index contributed by atoms with van der Waals surface area (Å²) in [7, 11) is -1.71. The summed E-state index contributed by atoms with van der Waals surface area (Å²) < 4.78 is 28.0. The number of ether oxygens (including phenoxy) is 1. The summed E-state index contributed by atoms with van der Waals surface area (Å²) in [6.45, 7) is 0.283. The van der Waals surface area contributed by atoms with Gasteiger partial charge < -0.3 is 14.7 Å². The Labute approximate surface area is 129 Å². The van der Waals surface area contributed by atoms with Gasteiger partial charge in [0.2, 0.25) is 5.91 Å². The van der Waals surface area contributed by atoms with Crippen molar-refractivity contribution in [2.45, 2.75) is 17.7 Å². The topological polar surface area (TPSA) is 101 Å². The van der Waals surface area contributed by atoms with Gasteiger partial charge in [-0.2, -0.15) is 0 Å². The van der Waals surface area contributed by atoms with Gasteiger partial charge in [-0.25, -0.2) is 8.42 Å². The number of hydrogen-bond donors (Lipinski definition) is 1. The first kappa shape index (κ1) is 18.0. The molecule has 1 amide bonds. The van der Waals surface area contributed by atoms with Gasteiger partial charge in [-0.15, -0.1) is 0 Å². The lowest BCUT2D eigenvalue weighted by Crippen LogP contribution is -2.30. The number of hydrogen-bond acceptors (Lipinski definition) is 5. The van der Waals surface area contributed by atoms with Crippen molar-refractivity contribution in [3.8, 4) is 5.75 Å². The van der Waals surface area contributed by atoms with Gasteiger partial charge in [0.1, 0.15) is 5.75 Å². The lowest BCUT2D eigenvalue weighted by Gasteiger charge is -2.16. The molecule has 1 N–H and O–H groups in total. The van der Waals surface area contributed by atoms with E-state index in [4.69, 9.17) is 9.84 Å². The Morgan fingerprint density at radius 2 is 1.77 bits per heavy atom. The standard InChI is InChI=1S/C14H19NO6S/c1-15(9-7-14(17)18)13(16)8-10-21-11-3-5-12(6-4-11)22(2,19)20/h3-6H,7-10H2,1-2H3,(H,17,18). The summed E-state index contributed by atoms with van der Waals surface area (Å²) >= 11 is 0. The largest absolute Gasteiger partial charge is 0.493 e. The van der Waals surface area contributed by atoms with Crippen LogP contribution in [0.3, 0.4) is 0 Å². The van der Waals surface area contributed by atoms with E-state index in [9.17, 15) is 18.0 Å². The van der Waals surface area contributed by atoms with Crippen LogP contribution in [0.1, 0.15) is 12.8 Å². The van der Waals surface area contributed by atoms with Crippen molar-refractivity contribution in [1.82, 2.24) is 4.90 Å². The number of carboxylic acids is 1. The second-order valence-electron chi connectivity index (χ2n) is 4.80. The third kappa shape index (κ3) is 6.13. The molecule has 0 saturated heterocycles. The molecule has 0 spiro atoms. The second kappa shape index (κ2) is 7.79. The van der Waals surface area contributed by atoms with E-state index in [1.807, 2.05) is 0 Å². The highest BCUT2D eigenvalue weighted by Gasteiger charge is 2.11. The molecule has 122 valence electrons. The average Bonchev–Trinajstić information content (AvgIpc) is 2.44. The predicted octanol–water partition coefficient (Wildman–Crippen LogP) is 0.792. The van der Waals surface area contributed by atoms with Gasteiger partial charge in [-0.1, -0.05) is 0 Å². The van der Waals surface area contributed by atoms with Crippen molar-refractivity contribution in [2.24, 2.45) is 0 Å². The van der Waals surface area contributed by atoms with Gasteiger partial charge >= 0.3 is 5.97 Å². The number of nitrogens with zero attached hydrogens (tertiary/aromatic N) is 1. The van der Waals surface area contributed by atoms with Gasteiger partial charge in [0.05, 0.1) is 24.3 Å². The molecule has 0 aromatic heterocycles. The first-order valence-corrected chi connectivity index (χ1v) is 8.48.